The van der Waals surface area contributed by atoms with E-state index in [1.807, 2.05) is 36.4 Å². The lowest BCUT2D eigenvalue weighted by molar-refractivity contribution is -0.114. The Morgan fingerprint density at radius 2 is 2.11 bits per heavy atom. The summed E-state index contributed by atoms with van der Waals surface area (Å²) in [5.41, 5.74) is 1.57. The number of nitrogens with zero attached hydrogens (tertiary/aromatic N) is 4. The van der Waals surface area contributed by atoms with Gasteiger partial charge in [-0.2, -0.15) is 10.1 Å². The number of aromatic nitrogens is 6. The summed E-state index contributed by atoms with van der Waals surface area (Å²) in [4.78, 5) is 19.7. The van der Waals surface area contributed by atoms with Gasteiger partial charge in [0, 0.05) is 18.2 Å². The molecule has 10 heteroatoms. The molecule has 0 radical (unpaired) electrons. The molecule has 0 saturated carbocycles. The number of anilines is 1. The number of aromatic amines is 2. The minimum atomic E-state index is -0.121. The van der Waals surface area contributed by atoms with Crippen molar-refractivity contribution in [1.29, 1.82) is 0 Å². The van der Waals surface area contributed by atoms with E-state index in [1.54, 1.807) is 0 Å². The Bertz CT molecular complexity index is 1050. The van der Waals surface area contributed by atoms with Crippen molar-refractivity contribution in [2.75, 3.05) is 5.32 Å². The van der Waals surface area contributed by atoms with Crippen molar-refractivity contribution in [2.45, 2.75) is 17.8 Å². The molecule has 0 saturated heterocycles. The lowest BCUT2D eigenvalue weighted by Gasteiger charge is -2.03. The zero-order chi connectivity index (χ0) is 18.6. The maximum absolute atomic E-state index is 11.2. The standard InChI is InChI=1S/C17H15N7O2S/c1-10(25)20-12-4-2-3-11(7-12)13-5-6-14(26-13)16-21-17(24-23-16)27-8-15-18-9-19-22-15/h2-7,9H,8H2,1H3,(H,20,25)(H,18,19,22)(H,21,23,24). The van der Waals surface area contributed by atoms with Gasteiger partial charge < -0.3 is 9.73 Å². The van der Waals surface area contributed by atoms with Crippen molar-refractivity contribution in [3.8, 4) is 22.9 Å². The molecule has 0 atom stereocenters. The molecule has 1 amide bonds. The minimum absolute atomic E-state index is 0.121. The molecular weight excluding hydrogens is 366 g/mol. The molecule has 0 aliphatic heterocycles. The number of nitrogens with one attached hydrogen (secondary N) is 3. The second kappa shape index (κ2) is 7.46. The molecule has 0 fully saturated rings. The van der Waals surface area contributed by atoms with Gasteiger partial charge in [0.2, 0.25) is 11.1 Å². The van der Waals surface area contributed by atoms with Gasteiger partial charge >= 0.3 is 0 Å². The van der Waals surface area contributed by atoms with Crippen LogP contribution in [0.3, 0.4) is 0 Å². The van der Waals surface area contributed by atoms with Gasteiger partial charge in [-0.15, -0.1) is 5.10 Å². The summed E-state index contributed by atoms with van der Waals surface area (Å²) in [6, 6.07) is 11.1. The average Bonchev–Trinajstić information content (AvgIpc) is 3.40. The first-order valence-corrected chi connectivity index (χ1v) is 9.03. The summed E-state index contributed by atoms with van der Waals surface area (Å²) in [6.45, 7) is 1.47. The van der Waals surface area contributed by atoms with E-state index < -0.39 is 0 Å². The Hall–Kier alpha value is -3.40. The number of carbonyl (C=O) groups is 1. The van der Waals surface area contributed by atoms with Crippen LogP contribution in [0.5, 0.6) is 0 Å². The summed E-state index contributed by atoms with van der Waals surface area (Å²) in [6.07, 6.45) is 1.46. The van der Waals surface area contributed by atoms with Gasteiger partial charge in [-0.3, -0.25) is 15.0 Å². The second-order valence-electron chi connectivity index (χ2n) is 5.61. The van der Waals surface area contributed by atoms with Crippen molar-refractivity contribution >= 4 is 23.4 Å². The van der Waals surface area contributed by atoms with Crippen LogP contribution in [0.25, 0.3) is 22.9 Å². The van der Waals surface area contributed by atoms with E-state index in [0.717, 1.165) is 11.4 Å². The number of benzene rings is 1. The topological polar surface area (TPSA) is 125 Å². The molecule has 3 N–H and O–H groups in total. The van der Waals surface area contributed by atoms with E-state index in [9.17, 15) is 4.79 Å². The fourth-order valence-corrected chi connectivity index (χ4v) is 3.10. The summed E-state index contributed by atoms with van der Waals surface area (Å²) in [7, 11) is 0. The fraction of sp³-hybridized carbons (Fsp3) is 0.118. The van der Waals surface area contributed by atoms with E-state index in [2.05, 4.69) is 35.7 Å². The zero-order valence-corrected chi connectivity index (χ0v) is 15.1. The van der Waals surface area contributed by atoms with Gasteiger partial charge in [0.05, 0.1) is 5.75 Å². The molecule has 9 nitrogen and oxygen atoms in total. The number of hydrogen-bond donors (Lipinski definition) is 3. The highest BCUT2D eigenvalue weighted by atomic mass is 32.2. The summed E-state index contributed by atoms with van der Waals surface area (Å²) >= 11 is 1.44. The number of carbonyl (C=O) groups excluding carboxylic acids is 1. The summed E-state index contributed by atoms with van der Waals surface area (Å²) in [5, 5.41) is 17.0. The third-order valence-electron chi connectivity index (χ3n) is 3.57. The molecular formula is C17H15N7O2S. The maximum atomic E-state index is 11.2. The molecule has 0 aliphatic carbocycles. The van der Waals surface area contributed by atoms with Crippen LogP contribution in [0.1, 0.15) is 12.7 Å². The largest absolute Gasteiger partial charge is 0.453 e. The van der Waals surface area contributed by atoms with Crippen molar-refractivity contribution < 1.29 is 9.21 Å². The number of H-pyrrole nitrogens is 2. The molecule has 4 rings (SSSR count). The smallest absolute Gasteiger partial charge is 0.221 e. The predicted molar refractivity (Wildman–Crippen MR) is 99.8 cm³/mol. The number of thioether (sulfide) groups is 1. The van der Waals surface area contributed by atoms with Crippen molar-refractivity contribution in [2.24, 2.45) is 0 Å². The predicted octanol–water partition coefficient (Wildman–Crippen LogP) is 3.10. The van der Waals surface area contributed by atoms with Crippen molar-refractivity contribution in [1.82, 2.24) is 30.4 Å². The normalized spacial score (nSPS) is 10.9. The molecule has 0 aliphatic rings. The van der Waals surface area contributed by atoms with Gasteiger partial charge in [-0.1, -0.05) is 23.9 Å². The van der Waals surface area contributed by atoms with E-state index in [0.29, 0.717) is 33.9 Å². The Balaban J connectivity index is 1.49. The lowest BCUT2D eigenvalue weighted by Crippen LogP contribution is -2.05. The van der Waals surface area contributed by atoms with Crippen LogP contribution in [0.15, 0.2) is 52.3 Å². The van der Waals surface area contributed by atoms with Crippen LogP contribution >= 0.6 is 11.8 Å². The summed E-state index contributed by atoms with van der Waals surface area (Å²) < 4.78 is 5.90. The fourth-order valence-electron chi connectivity index (χ4n) is 2.43. The van der Waals surface area contributed by atoms with Crippen LogP contribution in [-0.4, -0.2) is 36.3 Å². The molecule has 3 aromatic heterocycles. The minimum Gasteiger partial charge on any atom is -0.453 e. The van der Waals surface area contributed by atoms with Gasteiger partial charge in [-0.05, 0) is 24.3 Å². The number of furan rings is 1. The van der Waals surface area contributed by atoms with Gasteiger partial charge in [0.25, 0.3) is 0 Å². The number of amides is 1. The second-order valence-corrected chi connectivity index (χ2v) is 6.56. The first-order valence-electron chi connectivity index (χ1n) is 8.05. The van der Waals surface area contributed by atoms with Gasteiger partial charge in [0.1, 0.15) is 17.9 Å². The lowest BCUT2D eigenvalue weighted by atomic mass is 10.1. The van der Waals surface area contributed by atoms with E-state index in [4.69, 9.17) is 4.42 Å². The molecule has 27 heavy (non-hydrogen) atoms. The third-order valence-corrected chi connectivity index (χ3v) is 4.43. The monoisotopic (exact) mass is 381 g/mol. The highest BCUT2D eigenvalue weighted by Crippen LogP contribution is 2.29. The van der Waals surface area contributed by atoms with Crippen molar-refractivity contribution in [3.63, 3.8) is 0 Å². The highest BCUT2D eigenvalue weighted by molar-refractivity contribution is 7.98. The van der Waals surface area contributed by atoms with E-state index >= 15 is 0 Å². The molecule has 3 heterocycles. The van der Waals surface area contributed by atoms with Crippen LogP contribution in [0.4, 0.5) is 5.69 Å². The number of hydrogen-bond acceptors (Lipinski definition) is 7. The van der Waals surface area contributed by atoms with Crippen LogP contribution in [0, 0.1) is 0 Å². The molecule has 0 bridgehead atoms. The Morgan fingerprint density at radius 3 is 2.93 bits per heavy atom. The molecule has 0 spiro atoms. The van der Waals surface area contributed by atoms with Crippen LogP contribution in [-0.2, 0) is 10.5 Å². The Morgan fingerprint density at radius 1 is 1.22 bits per heavy atom. The maximum Gasteiger partial charge on any atom is 0.221 e. The molecule has 4 aromatic rings. The molecule has 0 unspecified atom stereocenters. The third kappa shape index (κ3) is 4.06. The van der Waals surface area contributed by atoms with E-state index in [1.165, 1.54) is 25.0 Å². The Kier molecular flexibility index (Phi) is 4.71. The van der Waals surface area contributed by atoms with Crippen molar-refractivity contribution in [3.05, 3.63) is 48.5 Å². The van der Waals surface area contributed by atoms with Crippen LogP contribution < -0.4 is 5.32 Å². The highest BCUT2D eigenvalue weighted by Gasteiger charge is 2.12. The van der Waals surface area contributed by atoms with Crippen LogP contribution in [0.2, 0.25) is 0 Å². The first-order chi connectivity index (χ1) is 13.2. The van der Waals surface area contributed by atoms with Gasteiger partial charge in [0.15, 0.2) is 11.6 Å². The van der Waals surface area contributed by atoms with E-state index in [-0.39, 0.29) is 5.91 Å². The quantitative estimate of drug-likeness (QED) is 0.438. The Labute approximate surface area is 158 Å². The average molecular weight is 381 g/mol. The molecule has 136 valence electrons. The zero-order valence-electron chi connectivity index (χ0n) is 14.3. The van der Waals surface area contributed by atoms with Gasteiger partial charge in [-0.25, -0.2) is 4.98 Å². The SMILES string of the molecule is CC(=O)Nc1cccc(-c2ccc(-c3nc(SCc4ncn[nH]4)n[nH]3)o2)c1. The number of rotatable bonds is 6. The molecule has 1 aromatic carbocycles. The summed E-state index contributed by atoms with van der Waals surface area (Å²) in [5.74, 6) is 3.02. The first kappa shape index (κ1) is 17.0.